The van der Waals surface area contributed by atoms with E-state index in [9.17, 15) is 4.79 Å². The highest BCUT2D eigenvalue weighted by Crippen LogP contribution is 2.53. The Bertz CT molecular complexity index is 732. The summed E-state index contributed by atoms with van der Waals surface area (Å²) in [6.45, 7) is 0. The average Bonchev–Trinajstić information content (AvgIpc) is 3.19. The third-order valence-corrected chi connectivity index (χ3v) is 6.53. The van der Waals surface area contributed by atoms with Gasteiger partial charge in [-0.05, 0) is 67.9 Å². The molecule has 1 amide bonds. The molecule has 0 aliphatic heterocycles. The summed E-state index contributed by atoms with van der Waals surface area (Å²) in [5, 5.41) is 7.70. The summed E-state index contributed by atoms with van der Waals surface area (Å²) < 4.78 is 3.73. The van der Waals surface area contributed by atoms with Gasteiger partial charge < -0.3 is 9.88 Å². The van der Waals surface area contributed by atoms with Crippen LogP contribution in [0.5, 0.6) is 0 Å². The average molecular weight is 324 g/mol. The van der Waals surface area contributed by atoms with Crippen LogP contribution in [-0.4, -0.2) is 26.3 Å². The van der Waals surface area contributed by atoms with Gasteiger partial charge in [-0.25, -0.2) is 0 Å². The highest BCUT2D eigenvalue weighted by Gasteiger charge is 2.48. The molecule has 4 aliphatic rings. The third-order valence-electron chi connectivity index (χ3n) is 6.53. The number of aromatic nitrogens is 3. The van der Waals surface area contributed by atoms with Crippen molar-refractivity contribution in [1.29, 1.82) is 0 Å². The summed E-state index contributed by atoms with van der Waals surface area (Å²) in [6, 6.07) is 4.29. The Hall–Kier alpha value is -2.04. The van der Waals surface area contributed by atoms with E-state index >= 15 is 0 Å². The van der Waals surface area contributed by atoms with Crippen molar-refractivity contribution in [3.63, 3.8) is 0 Å². The summed E-state index contributed by atoms with van der Waals surface area (Å²) >= 11 is 0. The molecule has 5 heteroatoms. The van der Waals surface area contributed by atoms with Gasteiger partial charge in [0.2, 0.25) is 0 Å². The molecule has 4 fully saturated rings. The van der Waals surface area contributed by atoms with Crippen molar-refractivity contribution in [3.05, 3.63) is 36.3 Å². The molecule has 0 saturated heterocycles. The van der Waals surface area contributed by atoms with Gasteiger partial charge in [0.15, 0.2) is 0 Å². The van der Waals surface area contributed by atoms with E-state index in [-0.39, 0.29) is 5.91 Å². The maximum Gasteiger partial charge on any atom is 0.256 e. The van der Waals surface area contributed by atoms with Crippen LogP contribution in [0.25, 0.3) is 5.82 Å². The third kappa shape index (κ3) is 2.14. The van der Waals surface area contributed by atoms with E-state index in [1.165, 1.54) is 32.1 Å². The Morgan fingerprint density at radius 2 is 1.71 bits per heavy atom. The summed E-state index contributed by atoms with van der Waals surface area (Å²) in [4.78, 5) is 13.0. The molecule has 5 nitrogen and oxygen atoms in total. The molecule has 6 rings (SSSR count). The topological polar surface area (TPSA) is 51.9 Å². The molecule has 0 atom stereocenters. The maximum absolute atomic E-state index is 13.0. The Kier molecular flexibility index (Phi) is 3.12. The van der Waals surface area contributed by atoms with E-state index in [1.54, 1.807) is 10.9 Å². The van der Waals surface area contributed by atoms with E-state index in [0.29, 0.717) is 23.4 Å². The van der Waals surface area contributed by atoms with Crippen LogP contribution in [0.2, 0.25) is 0 Å². The first kappa shape index (κ1) is 14.3. The minimum absolute atomic E-state index is 0.0317. The van der Waals surface area contributed by atoms with Crippen molar-refractivity contribution in [3.8, 4) is 5.82 Å². The fourth-order valence-corrected chi connectivity index (χ4v) is 5.76. The Morgan fingerprint density at radius 1 is 1.08 bits per heavy atom. The maximum atomic E-state index is 13.0. The second-order valence-electron chi connectivity index (χ2n) is 8.03. The fraction of sp³-hybridized carbons (Fsp3) is 0.579. The van der Waals surface area contributed by atoms with Gasteiger partial charge in [-0.15, -0.1) is 0 Å². The van der Waals surface area contributed by atoms with Gasteiger partial charge in [-0.1, -0.05) is 0 Å². The molecule has 126 valence electrons. The fourth-order valence-electron chi connectivity index (χ4n) is 5.76. The van der Waals surface area contributed by atoms with Crippen LogP contribution in [-0.2, 0) is 7.05 Å². The Labute approximate surface area is 142 Å². The number of aryl methyl sites for hydroxylation is 1. The second-order valence-corrected chi connectivity index (χ2v) is 8.03. The normalized spacial score (nSPS) is 33.8. The lowest BCUT2D eigenvalue weighted by Gasteiger charge is -2.54. The van der Waals surface area contributed by atoms with Gasteiger partial charge in [0, 0.05) is 25.5 Å². The van der Waals surface area contributed by atoms with Crippen LogP contribution < -0.4 is 5.32 Å². The van der Waals surface area contributed by atoms with E-state index in [1.807, 2.05) is 36.1 Å². The number of rotatable bonds is 3. The molecule has 4 aliphatic carbocycles. The summed E-state index contributed by atoms with van der Waals surface area (Å²) in [6.07, 6.45) is 12.3. The van der Waals surface area contributed by atoms with Crippen LogP contribution in [0.4, 0.5) is 0 Å². The Balaban J connectivity index is 1.40. The summed E-state index contributed by atoms with van der Waals surface area (Å²) in [5.41, 5.74) is 0.669. The van der Waals surface area contributed by atoms with E-state index in [4.69, 9.17) is 0 Å². The lowest BCUT2D eigenvalue weighted by Crippen LogP contribution is -2.55. The molecule has 0 unspecified atom stereocenters. The first-order valence-corrected chi connectivity index (χ1v) is 9.15. The zero-order chi connectivity index (χ0) is 16.3. The number of hydrogen-bond acceptors (Lipinski definition) is 2. The number of carbonyl (C=O) groups excluding carboxylic acids is 1. The van der Waals surface area contributed by atoms with Crippen LogP contribution in [0, 0.1) is 23.7 Å². The summed E-state index contributed by atoms with van der Waals surface area (Å²) in [7, 11) is 1.88. The highest BCUT2D eigenvalue weighted by atomic mass is 16.1. The summed E-state index contributed by atoms with van der Waals surface area (Å²) in [5.74, 6) is 4.10. The molecule has 0 spiro atoms. The van der Waals surface area contributed by atoms with Crippen molar-refractivity contribution >= 4 is 5.91 Å². The molecule has 1 N–H and O–H groups in total. The smallest absolute Gasteiger partial charge is 0.256 e. The first-order valence-electron chi connectivity index (χ1n) is 9.15. The van der Waals surface area contributed by atoms with E-state index in [0.717, 1.165) is 17.7 Å². The van der Waals surface area contributed by atoms with Crippen LogP contribution in [0.3, 0.4) is 0 Å². The van der Waals surface area contributed by atoms with Crippen molar-refractivity contribution in [1.82, 2.24) is 19.7 Å². The number of hydrogen-bond donors (Lipinski definition) is 1. The number of carbonyl (C=O) groups is 1. The highest BCUT2D eigenvalue weighted by molar-refractivity contribution is 5.97. The van der Waals surface area contributed by atoms with Crippen molar-refractivity contribution in [2.24, 2.45) is 30.7 Å². The van der Waals surface area contributed by atoms with E-state index in [2.05, 4.69) is 10.4 Å². The monoisotopic (exact) mass is 324 g/mol. The molecule has 24 heavy (non-hydrogen) atoms. The molecule has 2 aromatic heterocycles. The lowest BCUT2D eigenvalue weighted by molar-refractivity contribution is -0.0119. The van der Waals surface area contributed by atoms with Gasteiger partial charge in [-0.2, -0.15) is 5.10 Å². The Morgan fingerprint density at radius 3 is 2.33 bits per heavy atom. The lowest BCUT2D eigenvalue weighted by atomic mass is 9.54. The van der Waals surface area contributed by atoms with Crippen molar-refractivity contribution in [2.75, 3.05) is 0 Å². The quantitative estimate of drug-likeness (QED) is 0.944. The van der Waals surface area contributed by atoms with Gasteiger partial charge in [-0.3, -0.25) is 9.48 Å². The standard InChI is InChI=1S/C19H24N4O/c1-22-19(23-4-2-3-5-23)16(11-20-22)18(24)21-17-14-7-12-6-13(9-14)10-15(17)8-12/h2-5,11-15,17H,6-10H2,1H3,(H,21,24). The number of amides is 1. The van der Waals surface area contributed by atoms with E-state index < -0.39 is 0 Å². The minimum Gasteiger partial charge on any atom is -0.349 e. The first-order chi connectivity index (χ1) is 11.7. The minimum atomic E-state index is 0.0317. The van der Waals surface area contributed by atoms with Crippen molar-refractivity contribution in [2.45, 2.75) is 38.1 Å². The van der Waals surface area contributed by atoms with Gasteiger partial charge in [0.05, 0.1) is 6.20 Å². The van der Waals surface area contributed by atoms with Gasteiger partial charge in [0.1, 0.15) is 11.4 Å². The zero-order valence-corrected chi connectivity index (χ0v) is 14.1. The largest absolute Gasteiger partial charge is 0.349 e. The molecule has 2 heterocycles. The van der Waals surface area contributed by atoms with Crippen molar-refractivity contribution < 1.29 is 4.79 Å². The number of nitrogens with one attached hydrogen (secondary N) is 1. The SMILES string of the molecule is Cn1ncc(C(=O)NC2C3CC4CC(C3)CC2C4)c1-n1cccc1. The zero-order valence-electron chi connectivity index (χ0n) is 14.1. The predicted molar refractivity (Wildman–Crippen MR) is 90.8 cm³/mol. The van der Waals surface area contributed by atoms with Gasteiger partial charge >= 0.3 is 0 Å². The molecule has 4 bridgehead atoms. The molecule has 0 radical (unpaired) electrons. The van der Waals surface area contributed by atoms with Crippen LogP contribution in [0.1, 0.15) is 42.5 Å². The number of nitrogens with zero attached hydrogens (tertiary/aromatic N) is 3. The molecule has 2 aromatic rings. The molecule has 4 saturated carbocycles. The predicted octanol–water partition coefficient (Wildman–Crippen LogP) is 2.77. The van der Waals surface area contributed by atoms with Gasteiger partial charge in [0.25, 0.3) is 5.91 Å². The van der Waals surface area contributed by atoms with Crippen LogP contribution >= 0.6 is 0 Å². The molecular formula is C19H24N4O. The molecular weight excluding hydrogens is 300 g/mol. The second kappa shape index (κ2) is 5.23. The molecule has 0 aromatic carbocycles. The van der Waals surface area contributed by atoms with Crippen LogP contribution in [0.15, 0.2) is 30.7 Å².